The first-order chi connectivity index (χ1) is 13.8. The van der Waals surface area contributed by atoms with E-state index < -0.39 is 18.0 Å². The highest BCUT2D eigenvalue weighted by molar-refractivity contribution is 5.81. The number of carbonyl (C=O) groups is 1. The van der Waals surface area contributed by atoms with Gasteiger partial charge in [-0.15, -0.1) is 0 Å². The van der Waals surface area contributed by atoms with Gasteiger partial charge in [0.05, 0.1) is 12.2 Å². The molecule has 0 amide bonds. The summed E-state index contributed by atoms with van der Waals surface area (Å²) in [7, 11) is 0. The fraction of sp³-hybridized carbons (Fsp3) is 0.667. The second kappa shape index (κ2) is 6.59. The van der Waals surface area contributed by atoms with Crippen molar-refractivity contribution in [3.05, 3.63) is 12.7 Å². The van der Waals surface area contributed by atoms with E-state index in [1.54, 1.807) is 10.9 Å². The summed E-state index contributed by atoms with van der Waals surface area (Å²) in [4.78, 5) is 23.6. The lowest BCUT2D eigenvalue weighted by molar-refractivity contribution is -0.196. The fourth-order valence-corrected chi connectivity index (χ4v) is 4.37. The molecule has 4 N–H and O–H groups in total. The van der Waals surface area contributed by atoms with Crippen molar-refractivity contribution in [3.63, 3.8) is 0 Å². The van der Waals surface area contributed by atoms with E-state index in [9.17, 15) is 4.79 Å². The van der Waals surface area contributed by atoms with Gasteiger partial charge >= 0.3 is 5.97 Å². The molecular weight excluding hydrogens is 380 g/mol. The van der Waals surface area contributed by atoms with Crippen LogP contribution in [0, 0.1) is 5.92 Å². The van der Waals surface area contributed by atoms with Crippen LogP contribution in [0.2, 0.25) is 0 Å². The molecule has 3 aliphatic rings. The van der Waals surface area contributed by atoms with Gasteiger partial charge in [0.2, 0.25) is 0 Å². The van der Waals surface area contributed by atoms with Crippen LogP contribution in [-0.2, 0) is 19.0 Å². The lowest BCUT2D eigenvalue weighted by Gasteiger charge is -2.34. The molecule has 2 aromatic rings. The van der Waals surface area contributed by atoms with Crippen LogP contribution in [0.4, 0.5) is 5.82 Å². The lowest BCUT2D eigenvalue weighted by Crippen LogP contribution is -2.48. The summed E-state index contributed by atoms with van der Waals surface area (Å²) in [5.41, 5.74) is 7.00. The maximum atomic E-state index is 11.0. The van der Waals surface area contributed by atoms with Crippen LogP contribution in [0.5, 0.6) is 0 Å². The second-order valence-corrected chi connectivity index (χ2v) is 8.32. The molecule has 1 saturated carbocycles. The average molecular weight is 404 g/mol. The monoisotopic (exact) mass is 404 g/mol. The van der Waals surface area contributed by atoms with Crippen LogP contribution in [-0.4, -0.2) is 67.3 Å². The number of aromatic nitrogens is 4. The van der Waals surface area contributed by atoms with Crippen molar-refractivity contribution in [2.24, 2.45) is 5.92 Å². The van der Waals surface area contributed by atoms with Crippen molar-refractivity contribution in [3.8, 4) is 0 Å². The molecule has 0 unspecified atom stereocenters. The third kappa shape index (κ3) is 3.14. The zero-order chi connectivity index (χ0) is 20.3. The van der Waals surface area contributed by atoms with Gasteiger partial charge < -0.3 is 30.4 Å². The number of nitrogens with one attached hydrogen (secondary N) is 1. The molecule has 4 heterocycles. The van der Waals surface area contributed by atoms with E-state index in [0.717, 1.165) is 0 Å². The van der Waals surface area contributed by atoms with Gasteiger partial charge in [-0.25, -0.2) is 15.0 Å². The van der Waals surface area contributed by atoms with Crippen LogP contribution >= 0.6 is 0 Å². The average Bonchev–Trinajstić information content (AvgIpc) is 3.25. The molecule has 29 heavy (non-hydrogen) atoms. The Hall–Kier alpha value is -2.34. The van der Waals surface area contributed by atoms with Crippen LogP contribution in [0.3, 0.4) is 0 Å². The molecule has 2 aliphatic heterocycles. The number of nitrogens with zero attached hydrogens (tertiary/aromatic N) is 4. The number of nitrogens with two attached hydrogens (primary N) is 1. The minimum Gasteiger partial charge on any atom is -0.481 e. The van der Waals surface area contributed by atoms with Gasteiger partial charge in [0.1, 0.15) is 30.2 Å². The van der Waals surface area contributed by atoms with E-state index in [2.05, 4.69) is 20.3 Å². The highest BCUT2D eigenvalue weighted by Gasteiger charge is 2.56. The molecule has 0 spiro atoms. The summed E-state index contributed by atoms with van der Waals surface area (Å²) in [6, 6.07) is 0.175. The van der Waals surface area contributed by atoms with Gasteiger partial charge in [-0.3, -0.25) is 9.36 Å². The summed E-state index contributed by atoms with van der Waals surface area (Å²) >= 11 is 0. The third-order valence-corrected chi connectivity index (χ3v) is 5.88. The maximum absolute atomic E-state index is 11.0. The molecule has 0 radical (unpaired) electrons. The molecule has 4 atom stereocenters. The minimum absolute atomic E-state index is 0.175. The Morgan fingerprint density at radius 3 is 2.83 bits per heavy atom. The molecule has 0 bridgehead atoms. The Balaban J connectivity index is 1.35. The second-order valence-electron chi connectivity index (χ2n) is 8.32. The Labute approximate surface area is 166 Å². The number of fused-ring (bicyclic) bond motifs is 2. The van der Waals surface area contributed by atoms with Crippen molar-refractivity contribution in [1.29, 1.82) is 0 Å². The van der Waals surface area contributed by atoms with Gasteiger partial charge in [-0.1, -0.05) is 0 Å². The number of hydrogen-bond acceptors (Lipinski definition) is 9. The van der Waals surface area contributed by atoms with Crippen molar-refractivity contribution in [2.75, 3.05) is 12.3 Å². The first-order valence-corrected chi connectivity index (χ1v) is 9.73. The van der Waals surface area contributed by atoms with Gasteiger partial charge in [-0.05, 0) is 26.7 Å². The van der Waals surface area contributed by atoms with Crippen LogP contribution in [0.1, 0.15) is 32.9 Å². The number of ether oxygens (including phenoxy) is 3. The standard InChI is InChI=1S/C18H24N6O5/c1-18(2)28-12-10(5-20-9-3-8(4-9)17(25)26)27-16(13(12)29-18)24-7-23-11-14(19)21-6-22-15(11)24/h6-10,12-13,16,20H,3-5H2,1-2H3,(H,25,26)(H2,19,21,22)/t8?,9?,10-,12-,13-,16-/m1/s1. The normalized spacial score (nSPS) is 35.5. The Kier molecular flexibility index (Phi) is 4.24. The first-order valence-electron chi connectivity index (χ1n) is 9.73. The van der Waals surface area contributed by atoms with E-state index in [4.69, 9.17) is 25.1 Å². The molecule has 11 heteroatoms. The van der Waals surface area contributed by atoms with Gasteiger partial charge in [0, 0.05) is 12.6 Å². The van der Waals surface area contributed by atoms with Crippen molar-refractivity contribution in [2.45, 2.75) is 63.1 Å². The summed E-state index contributed by atoms with van der Waals surface area (Å²) in [6.45, 7) is 4.29. The topological polar surface area (TPSA) is 147 Å². The zero-order valence-electron chi connectivity index (χ0n) is 16.2. The number of hydrogen-bond donors (Lipinski definition) is 3. The molecule has 2 saturated heterocycles. The van der Waals surface area contributed by atoms with E-state index in [-0.39, 0.29) is 30.3 Å². The molecular formula is C18H24N6O5. The van der Waals surface area contributed by atoms with Crippen molar-refractivity contribution < 1.29 is 24.1 Å². The fourth-order valence-electron chi connectivity index (χ4n) is 4.37. The zero-order valence-corrected chi connectivity index (χ0v) is 16.2. The van der Waals surface area contributed by atoms with E-state index in [1.807, 2.05) is 13.8 Å². The molecule has 3 fully saturated rings. The smallest absolute Gasteiger partial charge is 0.306 e. The van der Waals surface area contributed by atoms with Gasteiger partial charge in [-0.2, -0.15) is 0 Å². The number of rotatable bonds is 5. The summed E-state index contributed by atoms with van der Waals surface area (Å²) < 4.78 is 20.4. The number of nitrogen functional groups attached to an aromatic ring is 1. The number of imidazole rings is 1. The van der Waals surface area contributed by atoms with E-state index in [1.165, 1.54) is 6.33 Å². The highest BCUT2D eigenvalue weighted by atomic mass is 16.8. The van der Waals surface area contributed by atoms with E-state index >= 15 is 0 Å². The van der Waals surface area contributed by atoms with E-state index in [0.29, 0.717) is 36.4 Å². The SMILES string of the molecule is CC1(C)O[C@@H]2[C@H](O1)[C@@H](CNC1CC(C(=O)O)C1)O[C@H]2n1cnc2c(N)ncnc21. The highest BCUT2D eigenvalue weighted by Crippen LogP contribution is 2.43. The number of carboxylic acids is 1. The Bertz CT molecular complexity index is 942. The number of anilines is 1. The molecule has 156 valence electrons. The van der Waals surface area contributed by atoms with Crippen molar-refractivity contribution >= 4 is 23.0 Å². The molecule has 0 aromatic carbocycles. The molecule has 5 rings (SSSR count). The largest absolute Gasteiger partial charge is 0.481 e. The molecule has 11 nitrogen and oxygen atoms in total. The minimum atomic E-state index is -0.734. The van der Waals surface area contributed by atoms with Gasteiger partial charge in [0.25, 0.3) is 0 Å². The van der Waals surface area contributed by atoms with Crippen LogP contribution < -0.4 is 11.1 Å². The summed E-state index contributed by atoms with van der Waals surface area (Å²) in [5, 5.41) is 12.4. The molecule has 1 aliphatic carbocycles. The maximum Gasteiger partial charge on any atom is 0.306 e. The summed E-state index contributed by atoms with van der Waals surface area (Å²) in [5.74, 6) is -1.42. The van der Waals surface area contributed by atoms with Crippen LogP contribution in [0.15, 0.2) is 12.7 Å². The number of carboxylic acid groups (broad SMARTS) is 1. The van der Waals surface area contributed by atoms with Crippen LogP contribution in [0.25, 0.3) is 11.2 Å². The van der Waals surface area contributed by atoms with Gasteiger partial charge in [0.15, 0.2) is 23.5 Å². The summed E-state index contributed by atoms with van der Waals surface area (Å²) in [6.07, 6.45) is 2.95. The third-order valence-electron chi connectivity index (χ3n) is 5.88. The van der Waals surface area contributed by atoms with Crippen molar-refractivity contribution in [1.82, 2.24) is 24.8 Å². The Morgan fingerprint density at radius 1 is 1.31 bits per heavy atom. The lowest BCUT2D eigenvalue weighted by atomic mass is 9.80. The number of aliphatic carboxylic acids is 1. The molecule has 2 aromatic heterocycles. The quantitative estimate of drug-likeness (QED) is 0.635. The first kappa shape index (κ1) is 18.7. The predicted molar refractivity (Wildman–Crippen MR) is 99.6 cm³/mol. The predicted octanol–water partition coefficient (Wildman–Crippen LogP) is 0.279. The Morgan fingerprint density at radius 2 is 2.07 bits per heavy atom.